The number of aromatic nitrogens is 1. The van der Waals surface area contributed by atoms with Crippen LogP contribution in [0.5, 0.6) is 0 Å². The van der Waals surface area contributed by atoms with Gasteiger partial charge in [-0.1, -0.05) is 11.6 Å². The van der Waals surface area contributed by atoms with Crippen LogP contribution in [0.15, 0.2) is 37.9 Å². The number of benzene rings is 1. The Morgan fingerprint density at radius 3 is 2.21 bits per heavy atom. The molecule has 0 N–H and O–H groups in total. The third-order valence-electron chi connectivity index (χ3n) is 2.41. The first-order chi connectivity index (χ1) is 8.97. The van der Waals surface area contributed by atoms with Crippen LogP contribution in [0.2, 0.25) is 5.02 Å². The molecule has 1 aromatic heterocycles. The molecule has 3 nitrogen and oxygen atoms in total. The van der Waals surface area contributed by atoms with E-state index in [4.69, 9.17) is 16.9 Å². The van der Waals surface area contributed by atoms with E-state index in [1.165, 1.54) is 4.57 Å². The second-order valence-electron chi connectivity index (χ2n) is 3.53. The summed E-state index contributed by atoms with van der Waals surface area (Å²) in [6.07, 6.45) is 0. The van der Waals surface area contributed by atoms with Crippen molar-refractivity contribution in [3.05, 3.63) is 54.1 Å². The second-order valence-corrected chi connectivity index (χ2v) is 6.26. The molecule has 7 heteroatoms. The van der Waals surface area contributed by atoms with Gasteiger partial charge in [0.1, 0.15) is 20.8 Å². The molecule has 1 aromatic carbocycles. The van der Waals surface area contributed by atoms with E-state index >= 15 is 0 Å². The molecule has 0 fully saturated rings. The summed E-state index contributed by atoms with van der Waals surface area (Å²) in [7, 11) is 0. The summed E-state index contributed by atoms with van der Waals surface area (Å²) in [6, 6.07) is 8.56. The van der Waals surface area contributed by atoms with Crippen molar-refractivity contribution in [2.75, 3.05) is 0 Å². The van der Waals surface area contributed by atoms with Crippen LogP contribution in [0, 0.1) is 11.3 Å². The predicted molar refractivity (Wildman–Crippen MR) is 83.4 cm³/mol. The van der Waals surface area contributed by atoms with Gasteiger partial charge >= 0.3 is 0 Å². The fourth-order valence-corrected chi connectivity index (χ4v) is 3.73. The highest BCUT2D eigenvalue weighted by molar-refractivity contribution is 9.13. The van der Waals surface area contributed by atoms with Crippen LogP contribution in [0.4, 0.5) is 0 Å². The topological polar surface area (TPSA) is 45.8 Å². The van der Waals surface area contributed by atoms with Crippen molar-refractivity contribution in [1.82, 2.24) is 4.57 Å². The molecule has 1 heterocycles. The summed E-state index contributed by atoms with van der Waals surface area (Å²) in [4.78, 5) is 12.4. The van der Waals surface area contributed by atoms with Gasteiger partial charge < -0.3 is 0 Å². The number of nitrogens with zero attached hydrogens (tertiary/aromatic N) is 2. The number of halogens is 4. The lowest BCUT2D eigenvalue weighted by atomic mass is 10.2. The molecule has 0 amide bonds. The zero-order chi connectivity index (χ0) is 14.2. The maximum Gasteiger partial charge on any atom is 0.263 e. The molecule has 0 saturated carbocycles. The molecule has 0 aliphatic carbocycles. The van der Waals surface area contributed by atoms with E-state index in [-0.39, 0.29) is 5.91 Å². The van der Waals surface area contributed by atoms with Gasteiger partial charge in [-0.25, -0.2) is 0 Å². The molecular weight excluding hydrogens is 463 g/mol. The van der Waals surface area contributed by atoms with Gasteiger partial charge in [-0.15, -0.1) is 0 Å². The second kappa shape index (κ2) is 5.80. The van der Waals surface area contributed by atoms with Crippen LogP contribution < -0.4 is 0 Å². The van der Waals surface area contributed by atoms with Crippen LogP contribution in [0.25, 0.3) is 0 Å². The SMILES string of the molecule is N#Cc1c(Br)c(Br)n(C(=O)c2ccc(Cl)cc2)c1Br. The first-order valence-electron chi connectivity index (χ1n) is 4.93. The smallest absolute Gasteiger partial charge is 0.263 e. The molecule has 2 aromatic rings. The first kappa shape index (κ1) is 14.8. The van der Waals surface area contributed by atoms with E-state index < -0.39 is 0 Å². The van der Waals surface area contributed by atoms with Crippen LogP contribution in [-0.4, -0.2) is 10.5 Å². The fraction of sp³-hybridized carbons (Fsp3) is 0. The molecule has 0 aliphatic heterocycles. The van der Waals surface area contributed by atoms with Gasteiger partial charge in [0, 0.05) is 10.6 Å². The van der Waals surface area contributed by atoms with Crippen molar-refractivity contribution in [2.24, 2.45) is 0 Å². The highest BCUT2D eigenvalue weighted by Crippen LogP contribution is 2.36. The number of nitriles is 1. The van der Waals surface area contributed by atoms with Crippen molar-refractivity contribution in [1.29, 1.82) is 5.26 Å². The van der Waals surface area contributed by atoms with Crippen LogP contribution in [0.3, 0.4) is 0 Å². The monoisotopic (exact) mass is 464 g/mol. The lowest BCUT2D eigenvalue weighted by Gasteiger charge is -2.05. The maximum absolute atomic E-state index is 12.4. The third-order valence-corrected chi connectivity index (χ3v) is 5.46. The van der Waals surface area contributed by atoms with Crippen molar-refractivity contribution in [3.8, 4) is 6.07 Å². The average Bonchev–Trinajstić information content (AvgIpc) is 2.60. The van der Waals surface area contributed by atoms with Crippen LogP contribution in [0.1, 0.15) is 15.9 Å². The summed E-state index contributed by atoms with van der Waals surface area (Å²) in [5, 5.41) is 9.61. The minimum absolute atomic E-state index is 0.266. The molecule has 19 heavy (non-hydrogen) atoms. The summed E-state index contributed by atoms with van der Waals surface area (Å²) >= 11 is 15.6. The van der Waals surface area contributed by atoms with Gasteiger partial charge in [-0.2, -0.15) is 5.26 Å². The Hall–Kier alpha value is -0.610. The molecule has 2 rings (SSSR count). The van der Waals surface area contributed by atoms with E-state index in [0.717, 1.165) is 0 Å². The molecule has 0 bridgehead atoms. The third kappa shape index (κ3) is 2.65. The standard InChI is InChI=1S/C12H4Br3ClN2O/c13-9-8(5-17)10(14)18(11(9)15)12(19)6-1-3-7(16)4-2-6/h1-4H. The largest absolute Gasteiger partial charge is 0.268 e. The Morgan fingerprint density at radius 2 is 1.74 bits per heavy atom. The zero-order valence-corrected chi connectivity index (χ0v) is 14.6. The van der Waals surface area contributed by atoms with Gasteiger partial charge in [0.05, 0.1) is 4.47 Å². The average molecular weight is 467 g/mol. The Bertz CT molecular complexity index is 701. The highest BCUT2D eigenvalue weighted by Gasteiger charge is 2.23. The van der Waals surface area contributed by atoms with Crippen molar-refractivity contribution >= 4 is 65.3 Å². The normalized spacial score (nSPS) is 10.3. The summed E-state index contributed by atoms with van der Waals surface area (Å²) in [5.74, 6) is -0.266. The van der Waals surface area contributed by atoms with Gasteiger partial charge in [0.25, 0.3) is 5.91 Å². The highest BCUT2D eigenvalue weighted by atomic mass is 79.9. The van der Waals surface area contributed by atoms with Crippen molar-refractivity contribution in [3.63, 3.8) is 0 Å². The molecule has 0 radical (unpaired) electrons. The Balaban J connectivity index is 2.57. The number of rotatable bonds is 1. The number of hydrogen-bond acceptors (Lipinski definition) is 2. The molecule has 0 saturated heterocycles. The quantitative estimate of drug-likeness (QED) is 0.594. The van der Waals surface area contributed by atoms with E-state index in [1.54, 1.807) is 24.3 Å². The lowest BCUT2D eigenvalue weighted by molar-refractivity contribution is 0.0955. The molecule has 0 spiro atoms. The minimum atomic E-state index is -0.266. The van der Waals surface area contributed by atoms with E-state index in [9.17, 15) is 4.79 Å². The molecule has 0 atom stereocenters. The Labute approximate surface area is 139 Å². The molecule has 0 unspecified atom stereocenters. The van der Waals surface area contributed by atoms with Gasteiger partial charge in [0.15, 0.2) is 0 Å². The van der Waals surface area contributed by atoms with Gasteiger partial charge in [-0.3, -0.25) is 9.36 Å². The van der Waals surface area contributed by atoms with E-state index in [2.05, 4.69) is 47.8 Å². The summed E-state index contributed by atoms with van der Waals surface area (Å²) in [5.41, 5.74) is 0.826. The Kier molecular flexibility index (Phi) is 4.51. The van der Waals surface area contributed by atoms with Crippen LogP contribution >= 0.6 is 59.4 Å². The molecule has 0 aliphatic rings. The van der Waals surface area contributed by atoms with Crippen molar-refractivity contribution < 1.29 is 4.79 Å². The zero-order valence-electron chi connectivity index (χ0n) is 9.12. The number of carbonyl (C=O) groups is 1. The molecule has 96 valence electrons. The van der Waals surface area contributed by atoms with E-state index in [0.29, 0.717) is 29.8 Å². The number of carbonyl (C=O) groups excluding carboxylic acids is 1. The number of hydrogen-bond donors (Lipinski definition) is 0. The summed E-state index contributed by atoms with van der Waals surface area (Å²) < 4.78 is 2.78. The lowest BCUT2D eigenvalue weighted by Crippen LogP contribution is -2.12. The Morgan fingerprint density at radius 1 is 1.16 bits per heavy atom. The van der Waals surface area contributed by atoms with Crippen LogP contribution in [-0.2, 0) is 0 Å². The first-order valence-corrected chi connectivity index (χ1v) is 7.68. The fourth-order valence-electron chi connectivity index (χ4n) is 1.48. The minimum Gasteiger partial charge on any atom is -0.268 e. The van der Waals surface area contributed by atoms with Gasteiger partial charge in [-0.05, 0) is 72.1 Å². The van der Waals surface area contributed by atoms with Gasteiger partial charge in [0.2, 0.25) is 0 Å². The maximum atomic E-state index is 12.4. The predicted octanol–water partition coefficient (Wildman–Crippen LogP) is 4.99. The van der Waals surface area contributed by atoms with E-state index in [1.807, 2.05) is 6.07 Å². The summed E-state index contributed by atoms with van der Waals surface area (Å²) in [6.45, 7) is 0. The molecular formula is C12H4Br3ClN2O. The van der Waals surface area contributed by atoms with Crippen molar-refractivity contribution in [2.45, 2.75) is 0 Å².